The Bertz CT molecular complexity index is 1000. The topological polar surface area (TPSA) is 60.2 Å². The van der Waals surface area contributed by atoms with E-state index in [2.05, 4.69) is 23.3 Å². The minimum atomic E-state index is -0.112. The van der Waals surface area contributed by atoms with Crippen LogP contribution >= 0.6 is 11.8 Å². The third kappa shape index (κ3) is 3.38. The zero-order valence-electron chi connectivity index (χ0n) is 16.1. The molecule has 1 aliphatic heterocycles. The third-order valence-electron chi connectivity index (χ3n) is 4.83. The van der Waals surface area contributed by atoms with Gasteiger partial charge < -0.3 is 9.64 Å². The molecule has 144 valence electrons. The van der Waals surface area contributed by atoms with E-state index in [0.29, 0.717) is 18.2 Å². The van der Waals surface area contributed by atoms with Gasteiger partial charge in [-0.1, -0.05) is 24.3 Å². The number of thioether (sulfide) groups is 1. The van der Waals surface area contributed by atoms with Crippen LogP contribution < -0.4 is 9.64 Å². The Labute approximate surface area is 168 Å². The summed E-state index contributed by atoms with van der Waals surface area (Å²) in [5.41, 5.74) is 2.88. The SMILES string of the molecule is COc1ccc(-n2nnc(C(=O)N3CC(C)CSc4ccccc43)c2C)cc1. The molecule has 1 aliphatic rings. The summed E-state index contributed by atoms with van der Waals surface area (Å²) in [6, 6.07) is 15.6. The number of hydrogen-bond acceptors (Lipinski definition) is 5. The monoisotopic (exact) mass is 394 g/mol. The van der Waals surface area contributed by atoms with Gasteiger partial charge in [-0.2, -0.15) is 0 Å². The zero-order chi connectivity index (χ0) is 19.7. The standard InChI is InChI=1S/C21H22N4O2S/c1-14-12-24(18-6-4-5-7-19(18)28-13-14)21(26)20-15(2)25(23-22-20)16-8-10-17(27-3)11-9-16/h4-11,14H,12-13H2,1-3H3. The second-order valence-electron chi connectivity index (χ2n) is 6.93. The normalized spacial score (nSPS) is 16.4. The number of rotatable bonds is 3. The number of ether oxygens (including phenoxy) is 1. The lowest BCUT2D eigenvalue weighted by Crippen LogP contribution is -2.35. The van der Waals surface area contributed by atoms with Crippen molar-refractivity contribution in [1.29, 1.82) is 0 Å². The summed E-state index contributed by atoms with van der Waals surface area (Å²) in [6.07, 6.45) is 0. The van der Waals surface area contributed by atoms with E-state index in [4.69, 9.17) is 4.74 Å². The molecule has 6 nitrogen and oxygen atoms in total. The molecule has 0 N–H and O–H groups in total. The Morgan fingerprint density at radius 1 is 1.18 bits per heavy atom. The van der Waals surface area contributed by atoms with Gasteiger partial charge in [0, 0.05) is 17.2 Å². The quantitative estimate of drug-likeness (QED) is 0.673. The number of carbonyl (C=O) groups excluding carboxylic acids is 1. The average molecular weight is 395 g/mol. The van der Waals surface area contributed by atoms with Crippen LogP contribution in [-0.4, -0.2) is 40.3 Å². The third-order valence-corrected chi connectivity index (χ3v) is 6.22. The molecule has 28 heavy (non-hydrogen) atoms. The number of amides is 1. The predicted molar refractivity (Wildman–Crippen MR) is 111 cm³/mol. The largest absolute Gasteiger partial charge is 0.497 e. The van der Waals surface area contributed by atoms with E-state index in [0.717, 1.165) is 33.5 Å². The number of methoxy groups -OCH3 is 1. The molecule has 3 aromatic rings. The van der Waals surface area contributed by atoms with Gasteiger partial charge in [0.15, 0.2) is 5.69 Å². The highest BCUT2D eigenvalue weighted by molar-refractivity contribution is 7.99. The first-order valence-corrected chi connectivity index (χ1v) is 10.2. The summed E-state index contributed by atoms with van der Waals surface area (Å²) >= 11 is 1.80. The molecule has 0 fully saturated rings. The first-order valence-electron chi connectivity index (χ1n) is 9.19. The van der Waals surface area contributed by atoms with E-state index in [1.54, 1.807) is 23.6 Å². The van der Waals surface area contributed by atoms with Crippen LogP contribution in [0.25, 0.3) is 5.69 Å². The molecule has 2 heterocycles. The van der Waals surface area contributed by atoms with Crippen molar-refractivity contribution in [2.75, 3.05) is 24.3 Å². The second-order valence-corrected chi connectivity index (χ2v) is 7.99. The van der Waals surface area contributed by atoms with Gasteiger partial charge in [0.2, 0.25) is 0 Å². The van der Waals surface area contributed by atoms with E-state index in [1.807, 2.05) is 54.3 Å². The molecule has 0 spiro atoms. The van der Waals surface area contributed by atoms with Crippen molar-refractivity contribution in [3.8, 4) is 11.4 Å². The van der Waals surface area contributed by atoms with Gasteiger partial charge in [0.1, 0.15) is 5.75 Å². The van der Waals surface area contributed by atoms with E-state index >= 15 is 0 Å². The van der Waals surface area contributed by atoms with Crippen LogP contribution in [0, 0.1) is 12.8 Å². The van der Waals surface area contributed by atoms with Gasteiger partial charge in [0.25, 0.3) is 5.91 Å². The van der Waals surface area contributed by atoms with E-state index in [1.165, 1.54) is 0 Å². The van der Waals surface area contributed by atoms with Crippen LogP contribution in [0.5, 0.6) is 5.75 Å². The summed E-state index contributed by atoms with van der Waals surface area (Å²) in [5.74, 6) is 2.03. The lowest BCUT2D eigenvalue weighted by molar-refractivity contribution is 0.0978. The predicted octanol–water partition coefficient (Wildman–Crippen LogP) is 3.97. The van der Waals surface area contributed by atoms with Crippen LogP contribution in [0.15, 0.2) is 53.4 Å². The number of anilines is 1. The molecule has 0 bridgehead atoms. The molecule has 1 amide bonds. The maximum Gasteiger partial charge on any atom is 0.280 e. The summed E-state index contributed by atoms with van der Waals surface area (Å²) in [7, 11) is 1.63. The molecule has 4 rings (SSSR count). The molecule has 1 aromatic heterocycles. The van der Waals surface area contributed by atoms with Crippen LogP contribution in [0.2, 0.25) is 0 Å². The Morgan fingerprint density at radius 3 is 2.68 bits per heavy atom. The second kappa shape index (κ2) is 7.67. The van der Waals surface area contributed by atoms with Gasteiger partial charge in [-0.15, -0.1) is 16.9 Å². The summed E-state index contributed by atoms with van der Waals surface area (Å²) in [5, 5.41) is 8.45. The highest BCUT2D eigenvalue weighted by Gasteiger charge is 2.29. The molecule has 0 radical (unpaired) electrons. The smallest absolute Gasteiger partial charge is 0.280 e. The van der Waals surface area contributed by atoms with Crippen LogP contribution in [0.4, 0.5) is 5.69 Å². The maximum atomic E-state index is 13.4. The molecule has 2 aromatic carbocycles. The van der Waals surface area contributed by atoms with Crippen molar-refractivity contribution in [2.24, 2.45) is 5.92 Å². The Morgan fingerprint density at radius 2 is 1.93 bits per heavy atom. The first-order chi connectivity index (χ1) is 13.6. The number of carbonyl (C=O) groups is 1. The molecule has 1 atom stereocenters. The van der Waals surface area contributed by atoms with Crippen molar-refractivity contribution < 1.29 is 9.53 Å². The fourth-order valence-electron chi connectivity index (χ4n) is 3.31. The fraction of sp³-hybridized carbons (Fsp3) is 0.286. The molecule has 7 heteroatoms. The van der Waals surface area contributed by atoms with E-state index in [-0.39, 0.29) is 5.91 Å². The van der Waals surface area contributed by atoms with Crippen LogP contribution in [0.1, 0.15) is 23.1 Å². The number of nitrogens with zero attached hydrogens (tertiary/aromatic N) is 4. The fourth-order valence-corrected chi connectivity index (χ4v) is 4.38. The zero-order valence-corrected chi connectivity index (χ0v) is 16.9. The molecular formula is C21H22N4O2S. The molecule has 0 aliphatic carbocycles. The highest BCUT2D eigenvalue weighted by Crippen LogP contribution is 2.36. The minimum Gasteiger partial charge on any atom is -0.497 e. The number of hydrogen-bond donors (Lipinski definition) is 0. The van der Waals surface area contributed by atoms with Crippen molar-refractivity contribution in [3.63, 3.8) is 0 Å². The number of aromatic nitrogens is 3. The first kappa shape index (κ1) is 18.6. The van der Waals surface area contributed by atoms with Gasteiger partial charge >= 0.3 is 0 Å². The Balaban J connectivity index is 1.69. The molecule has 0 saturated carbocycles. The van der Waals surface area contributed by atoms with Gasteiger partial charge in [-0.3, -0.25) is 4.79 Å². The van der Waals surface area contributed by atoms with E-state index in [9.17, 15) is 4.79 Å². The van der Waals surface area contributed by atoms with Crippen molar-refractivity contribution in [3.05, 3.63) is 59.9 Å². The number of para-hydroxylation sites is 1. The van der Waals surface area contributed by atoms with E-state index < -0.39 is 0 Å². The Hall–Kier alpha value is -2.80. The molecule has 1 unspecified atom stereocenters. The van der Waals surface area contributed by atoms with Crippen LogP contribution in [0.3, 0.4) is 0 Å². The average Bonchev–Trinajstić information content (AvgIpc) is 3.02. The van der Waals surface area contributed by atoms with Crippen molar-refractivity contribution >= 4 is 23.4 Å². The summed E-state index contributed by atoms with van der Waals surface area (Å²) in [6.45, 7) is 4.71. The molecule has 0 saturated heterocycles. The summed E-state index contributed by atoms with van der Waals surface area (Å²) in [4.78, 5) is 16.4. The van der Waals surface area contributed by atoms with Crippen molar-refractivity contribution in [1.82, 2.24) is 15.0 Å². The Kier molecular flexibility index (Phi) is 5.09. The lowest BCUT2D eigenvalue weighted by atomic mass is 10.1. The highest BCUT2D eigenvalue weighted by atomic mass is 32.2. The van der Waals surface area contributed by atoms with Gasteiger partial charge in [-0.25, -0.2) is 4.68 Å². The van der Waals surface area contributed by atoms with Crippen LogP contribution in [-0.2, 0) is 0 Å². The van der Waals surface area contributed by atoms with Gasteiger partial charge in [-0.05, 0) is 49.2 Å². The number of benzene rings is 2. The van der Waals surface area contributed by atoms with Gasteiger partial charge in [0.05, 0.1) is 24.2 Å². The maximum absolute atomic E-state index is 13.4. The summed E-state index contributed by atoms with van der Waals surface area (Å²) < 4.78 is 6.89. The minimum absolute atomic E-state index is 0.112. The van der Waals surface area contributed by atoms with Crippen molar-refractivity contribution in [2.45, 2.75) is 18.7 Å². The number of fused-ring (bicyclic) bond motifs is 1. The lowest BCUT2D eigenvalue weighted by Gasteiger charge is -2.23. The molecular weight excluding hydrogens is 372 g/mol.